The summed E-state index contributed by atoms with van der Waals surface area (Å²) >= 11 is 0. The Kier molecular flexibility index (Phi) is 8.85. The van der Waals surface area contributed by atoms with Crippen molar-refractivity contribution in [3.63, 3.8) is 0 Å². The Morgan fingerprint density at radius 2 is 1.84 bits per heavy atom. The molecule has 0 fully saturated rings. The van der Waals surface area contributed by atoms with Gasteiger partial charge in [-0.15, -0.1) is 0 Å². The lowest BCUT2D eigenvalue weighted by Gasteiger charge is -2.07. The van der Waals surface area contributed by atoms with Crippen molar-refractivity contribution in [1.29, 1.82) is 0 Å². The van der Waals surface area contributed by atoms with Gasteiger partial charge in [-0.3, -0.25) is 0 Å². The first-order valence-corrected chi connectivity index (χ1v) is 6.95. The van der Waals surface area contributed by atoms with Gasteiger partial charge in [0.1, 0.15) is 11.5 Å². The van der Waals surface area contributed by atoms with Crippen LogP contribution in [-0.4, -0.2) is 38.5 Å². The molecule has 0 saturated carbocycles. The van der Waals surface area contributed by atoms with Crippen molar-refractivity contribution >= 4 is 0 Å². The molecule has 0 atom stereocenters. The summed E-state index contributed by atoms with van der Waals surface area (Å²) in [5.41, 5.74) is 0. The van der Waals surface area contributed by atoms with Crippen molar-refractivity contribution in [1.82, 2.24) is 5.32 Å². The van der Waals surface area contributed by atoms with Crippen LogP contribution < -0.4 is 14.8 Å². The van der Waals surface area contributed by atoms with Gasteiger partial charge in [0.05, 0.1) is 20.3 Å². The summed E-state index contributed by atoms with van der Waals surface area (Å²) in [5, 5.41) is 11.8. The van der Waals surface area contributed by atoms with Gasteiger partial charge in [-0.2, -0.15) is 0 Å². The van der Waals surface area contributed by atoms with Crippen LogP contribution in [0.15, 0.2) is 24.3 Å². The zero-order valence-corrected chi connectivity index (χ0v) is 11.7. The molecular formula is C15H25NO3. The van der Waals surface area contributed by atoms with Crippen LogP contribution in [0.5, 0.6) is 11.5 Å². The molecule has 4 nitrogen and oxygen atoms in total. The fraction of sp³-hybridized carbons (Fsp3) is 0.600. The Morgan fingerprint density at radius 3 is 2.63 bits per heavy atom. The number of aliphatic hydroxyl groups excluding tert-OH is 1. The Morgan fingerprint density at radius 1 is 1.05 bits per heavy atom. The van der Waals surface area contributed by atoms with Crippen molar-refractivity contribution in [3.05, 3.63) is 24.3 Å². The molecule has 0 amide bonds. The molecule has 1 aromatic carbocycles. The molecule has 0 heterocycles. The fourth-order valence-electron chi connectivity index (χ4n) is 1.79. The van der Waals surface area contributed by atoms with Crippen LogP contribution in [0.3, 0.4) is 0 Å². The Hall–Kier alpha value is -1.26. The van der Waals surface area contributed by atoms with E-state index in [1.807, 2.05) is 24.3 Å². The zero-order chi connectivity index (χ0) is 13.8. The van der Waals surface area contributed by atoms with E-state index >= 15 is 0 Å². The molecule has 0 aromatic heterocycles. The van der Waals surface area contributed by atoms with E-state index in [0.29, 0.717) is 6.54 Å². The maximum Gasteiger partial charge on any atom is 0.122 e. The van der Waals surface area contributed by atoms with Crippen molar-refractivity contribution in [2.24, 2.45) is 0 Å². The average Bonchev–Trinajstić information content (AvgIpc) is 2.46. The molecule has 0 aliphatic heterocycles. The minimum atomic E-state index is 0.217. The topological polar surface area (TPSA) is 50.7 Å². The van der Waals surface area contributed by atoms with Gasteiger partial charge in [-0.1, -0.05) is 18.9 Å². The first-order valence-electron chi connectivity index (χ1n) is 6.95. The summed E-state index contributed by atoms with van der Waals surface area (Å²) in [5.74, 6) is 1.69. The van der Waals surface area contributed by atoms with E-state index in [1.54, 1.807) is 7.11 Å². The van der Waals surface area contributed by atoms with Gasteiger partial charge in [-0.25, -0.2) is 0 Å². The largest absolute Gasteiger partial charge is 0.497 e. The van der Waals surface area contributed by atoms with Crippen molar-refractivity contribution < 1.29 is 14.6 Å². The number of aliphatic hydroxyl groups is 1. The normalized spacial score (nSPS) is 10.4. The highest BCUT2D eigenvalue weighted by Gasteiger charge is 1.96. The molecule has 1 rings (SSSR count). The molecule has 0 spiro atoms. The van der Waals surface area contributed by atoms with E-state index < -0.39 is 0 Å². The predicted molar refractivity (Wildman–Crippen MR) is 76.9 cm³/mol. The highest BCUT2D eigenvalue weighted by Crippen LogP contribution is 2.19. The first-order chi connectivity index (χ1) is 9.36. The SMILES string of the molecule is COc1cccc(OCCCCCCNCCO)c1. The summed E-state index contributed by atoms with van der Waals surface area (Å²) in [7, 11) is 1.66. The van der Waals surface area contributed by atoms with Crippen molar-refractivity contribution in [2.45, 2.75) is 25.7 Å². The van der Waals surface area contributed by atoms with Crippen LogP contribution in [0.2, 0.25) is 0 Å². The molecule has 0 radical (unpaired) electrons. The van der Waals surface area contributed by atoms with E-state index in [4.69, 9.17) is 14.6 Å². The van der Waals surface area contributed by atoms with E-state index in [1.165, 1.54) is 12.8 Å². The van der Waals surface area contributed by atoms with Gasteiger partial charge in [0.25, 0.3) is 0 Å². The van der Waals surface area contributed by atoms with Crippen LogP contribution in [0.1, 0.15) is 25.7 Å². The summed E-state index contributed by atoms with van der Waals surface area (Å²) < 4.78 is 10.8. The summed E-state index contributed by atoms with van der Waals surface area (Å²) in [6.07, 6.45) is 4.58. The van der Waals surface area contributed by atoms with Gasteiger partial charge in [0.15, 0.2) is 0 Å². The number of rotatable bonds is 11. The van der Waals surface area contributed by atoms with Gasteiger partial charge < -0.3 is 19.9 Å². The minimum Gasteiger partial charge on any atom is -0.497 e. The van der Waals surface area contributed by atoms with E-state index in [-0.39, 0.29) is 6.61 Å². The monoisotopic (exact) mass is 267 g/mol. The molecule has 108 valence electrons. The van der Waals surface area contributed by atoms with E-state index in [2.05, 4.69) is 5.32 Å². The Balaban J connectivity index is 1.98. The van der Waals surface area contributed by atoms with Crippen molar-refractivity contribution in [3.8, 4) is 11.5 Å². The lowest BCUT2D eigenvalue weighted by atomic mass is 10.2. The summed E-state index contributed by atoms with van der Waals surface area (Å²) in [6, 6.07) is 7.69. The van der Waals surface area contributed by atoms with Crippen LogP contribution >= 0.6 is 0 Å². The van der Waals surface area contributed by atoms with Crippen LogP contribution in [0, 0.1) is 0 Å². The molecule has 0 unspecified atom stereocenters. The van der Waals surface area contributed by atoms with Gasteiger partial charge in [0.2, 0.25) is 0 Å². The predicted octanol–water partition coefficient (Wildman–Crippen LogP) is 2.22. The Bertz CT molecular complexity index is 331. The van der Waals surface area contributed by atoms with Crippen LogP contribution in [0.4, 0.5) is 0 Å². The number of hydrogen-bond acceptors (Lipinski definition) is 4. The van der Waals surface area contributed by atoms with Gasteiger partial charge >= 0.3 is 0 Å². The first kappa shape index (κ1) is 15.8. The molecule has 2 N–H and O–H groups in total. The molecule has 0 aliphatic carbocycles. The Labute approximate surface area is 115 Å². The number of nitrogens with one attached hydrogen (secondary N) is 1. The fourth-order valence-corrected chi connectivity index (χ4v) is 1.79. The molecule has 19 heavy (non-hydrogen) atoms. The van der Waals surface area contributed by atoms with Crippen LogP contribution in [0.25, 0.3) is 0 Å². The quantitative estimate of drug-likeness (QED) is 0.604. The second-order valence-corrected chi connectivity index (χ2v) is 4.42. The van der Waals surface area contributed by atoms with E-state index in [9.17, 15) is 0 Å². The summed E-state index contributed by atoms with van der Waals surface area (Å²) in [4.78, 5) is 0. The second kappa shape index (κ2) is 10.6. The van der Waals surface area contributed by atoms with Gasteiger partial charge in [0, 0.05) is 12.6 Å². The zero-order valence-electron chi connectivity index (χ0n) is 11.7. The average molecular weight is 267 g/mol. The minimum absolute atomic E-state index is 0.217. The number of benzene rings is 1. The van der Waals surface area contributed by atoms with Gasteiger partial charge in [-0.05, 0) is 31.5 Å². The standard InChI is InChI=1S/C15H25NO3/c1-18-14-7-6-8-15(13-14)19-12-5-3-2-4-9-16-10-11-17/h6-8,13,16-17H,2-5,9-12H2,1H3. The molecule has 1 aromatic rings. The number of methoxy groups -OCH3 is 1. The smallest absolute Gasteiger partial charge is 0.122 e. The van der Waals surface area contributed by atoms with Crippen molar-refractivity contribution in [2.75, 3.05) is 33.4 Å². The second-order valence-electron chi connectivity index (χ2n) is 4.42. The third-order valence-electron chi connectivity index (χ3n) is 2.85. The highest BCUT2D eigenvalue weighted by atomic mass is 16.5. The summed E-state index contributed by atoms with van der Waals surface area (Å²) in [6.45, 7) is 2.64. The highest BCUT2D eigenvalue weighted by molar-refractivity contribution is 5.32. The van der Waals surface area contributed by atoms with Crippen LogP contribution in [-0.2, 0) is 0 Å². The maximum absolute atomic E-state index is 8.60. The lowest BCUT2D eigenvalue weighted by Crippen LogP contribution is -2.19. The number of unbranched alkanes of at least 4 members (excludes halogenated alkanes) is 3. The molecular weight excluding hydrogens is 242 g/mol. The number of ether oxygens (including phenoxy) is 2. The third-order valence-corrected chi connectivity index (χ3v) is 2.85. The molecule has 4 heteroatoms. The third kappa shape index (κ3) is 7.70. The number of hydrogen-bond donors (Lipinski definition) is 2. The molecule has 0 bridgehead atoms. The molecule has 0 saturated heterocycles. The lowest BCUT2D eigenvalue weighted by molar-refractivity contribution is 0.290. The van der Waals surface area contributed by atoms with E-state index in [0.717, 1.165) is 37.5 Å². The molecule has 0 aliphatic rings. The maximum atomic E-state index is 8.60.